The molecule has 9 heteroatoms. The van der Waals surface area contributed by atoms with Gasteiger partial charge in [-0.3, -0.25) is 0 Å². The van der Waals surface area contributed by atoms with Crippen molar-refractivity contribution in [2.45, 2.75) is 38.1 Å². The second-order valence-corrected chi connectivity index (χ2v) is 8.55. The monoisotopic (exact) mass is 490 g/mol. The second-order valence-electron chi connectivity index (χ2n) is 7.58. The topological polar surface area (TPSA) is 131 Å². The molecule has 1 unspecified atom stereocenters. The van der Waals surface area contributed by atoms with Gasteiger partial charge in [0.2, 0.25) is 5.88 Å². The number of carbonyl (C=O) groups is 1. The third-order valence-electron chi connectivity index (χ3n) is 5.52. The minimum atomic E-state index is -0.841. The number of hydrogen-bond acceptors (Lipinski definition) is 9. The molecule has 2 N–H and O–H groups in total. The van der Waals surface area contributed by atoms with E-state index in [0.29, 0.717) is 21.9 Å². The molecule has 0 radical (unpaired) electrons. The van der Waals surface area contributed by atoms with Gasteiger partial charge in [0.1, 0.15) is 34.2 Å². The standard InChI is InChI=1S/C26H26N4O4S/c1-5-19-15(3)11-16(12-27)25(30-19)35-14-21-23(26(31)33-6-2)22(18(13-28)24(29)34-21)17-9-7-8-10-20(17)32-4/h7-11,22H,5-6,14,29H2,1-4H3. The molecule has 0 amide bonds. The lowest BCUT2D eigenvalue weighted by molar-refractivity contribution is -0.139. The van der Waals surface area contributed by atoms with Gasteiger partial charge in [0.25, 0.3) is 0 Å². The number of nitrogens with two attached hydrogens (primary N) is 1. The molecule has 2 heterocycles. The maximum absolute atomic E-state index is 13.2. The maximum atomic E-state index is 13.2. The molecule has 1 aliphatic rings. The van der Waals surface area contributed by atoms with Crippen LogP contribution in [0.4, 0.5) is 0 Å². The number of aryl methyl sites for hydroxylation is 2. The van der Waals surface area contributed by atoms with Crippen molar-refractivity contribution in [1.29, 1.82) is 10.5 Å². The SMILES string of the molecule is CCOC(=O)C1=C(CSc2nc(CC)c(C)cc2C#N)OC(N)=C(C#N)C1c1ccccc1OC. The highest BCUT2D eigenvalue weighted by Crippen LogP contribution is 2.44. The summed E-state index contributed by atoms with van der Waals surface area (Å²) in [6, 6.07) is 13.2. The summed E-state index contributed by atoms with van der Waals surface area (Å²) in [6.45, 7) is 5.75. The molecular formula is C26H26N4O4S. The Hall–Kier alpha value is -3.95. The lowest BCUT2D eigenvalue weighted by Crippen LogP contribution is -2.27. The Bertz CT molecular complexity index is 1290. The van der Waals surface area contributed by atoms with Crippen LogP contribution in [0.15, 0.2) is 58.1 Å². The quantitative estimate of drug-likeness (QED) is 0.426. The van der Waals surface area contributed by atoms with Crippen molar-refractivity contribution >= 4 is 17.7 Å². The molecule has 0 fully saturated rings. The Kier molecular flexibility index (Phi) is 8.40. The first-order valence-corrected chi connectivity index (χ1v) is 12.0. The molecule has 35 heavy (non-hydrogen) atoms. The van der Waals surface area contributed by atoms with Crippen LogP contribution in [-0.2, 0) is 20.7 Å². The van der Waals surface area contributed by atoms with Gasteiger partial charge in [-0.15, -0.1) is 0 Å². The van der Waals surface area contributed by atoms with E-state index in [-0.39, 0.29) is 35.1 Å². The van der Waals surface area contributed by atoms with Gasteiger partial charge in [-0.1, -0.05) is 36.9 Å². The molecule has 1 aliphatic heterocycles. The Labute approximate surface area is 209 Å². The molecule has 180 valence electrons. The number of carbonyl (C=O) groups excluding carboxylic acids is 1. The smallest absolute Gasteiger partial charge is 0.338 e. The Morgan fingerprint density at radius 3 is 2.63 bits per heavy atom. The lowest BCUT2D eigenvalue weighted by Gasteiger charge is -2.28. The van der Waals surface area contributed by atoms with Crippen LogP contribution >= 0.6 is 11.8 Å². The number of methoxy groups -OCH3 is 1. The minimum absolute atomic E-state index is 0.0887. The molecule has 2 aromatic rings. The van der Waals surface area contributed by atoms with E-state index >= 15 is 0 Å². The van der Waals surface area contributed by atoms with Crippen LogP contribution in [0.2, 0.25) is 0 Å². The van der Waals surface area contributed by atoms with Crippen molar-refractivity contribution < 1.29 is 19.0 Å². The third kappa shape index (κ3) is 5.26. The zero-order valence-electron chi connectivity index (χ0n) is 20.0. The van der Waals surface area contributed by atoms with Crippen LogP contribution in [0, 0.1) is 29.6 Å². The Balaban J connectivity index is 2.14. The van der Waals surface area contributed by atoms with Crippen LogP contribution in [0.25, 0.3) is 0 Å². The molecule has 0 spiro atoms. The van der Waals surface area contributed by atoms with Crippen LogP contribution in [0.3, 0.4) is 0 Å². The molecule has 0 bridgehead atoms. The number of hydrogen-bond donors (Lipinski definition) is 1. The summed E-state index contributed by atoms with van der Waals surface area (Å²) >= 11 is 1.26. The third-order valence-corrected chi connectivity index (χ3v) is 6.51. The summed E-state index contributed by atoms with van der Waals surface area (Å²) in [6.07, 6.45) is 0.718. The van der Waals surface area contributed by atoms with Gasteiger partial charge in [-0.2, -0.15) is 10.5 Å². The summed E-state index contributed by atoms with van der Waals surface area (Å²) in [5, 5.41) is 20.0. The highest BCUT2D eigenvalue weighted by Gasteiger charge is 2.39. The number of aromatic nitrogens is 1. The summed E-state index contributed by atoms with van der Waals surface area (Å²) in [7, 11) is 1.51. The number of para-hydroxylation sites is 1. The summed E-state index contributed by atoms with van der Waals surface area (Å²) in [5.74, 6) is -0.678. The number of allylic oxidation sites excluding steroid dienone is 1. The van der Waals surface area contributed by atoms with E-state index in [2.05, 4.69) is 17.1 Å². The van der Waals surface area contributed by atoms with E-state index < -0.39 is 11.9 Å². The number of pyridine rings is 1. The van der Waals surface area contributed by atoms with Gasteiger partial charge < -0.3 is 19.9 Å². The minimum Gasteiger partial charge on any atom is -0.496 e. The van der Waals surface area contributed by atoms with Crippen molar-refractivity contribution in [2.24, 2.45) is 5.73 Å². The molecule has 0 aliphatic carbocycles. The van der Waals surface area contributed by atoms with E-state index in [0.717, 1.165) is 17.7 Å². The van der Waals surface area contributed by atoms with Crippen LogP contribution in [0.5, 0.6) is 5.75 Å². The number of nitrogens with zero attached hydrogens (tertiary/aromatic N) is 3. The maximum Gasteiger partial charge on any atom is 0.338 e. The largest absolute Gasteiger partial charge is 0.496 e. The lowest BCUT2D eigenvalue weighted by atomic mass is 9.82. The number of ether oxygens (including phenoxy) is 3. The van der Waals surface area contributed by atoms with Gasteiger partial charge in [-0.05, 0) is 38.0 Å². The van der Waals surface area contributed by atoms with Gasteiger partial charge in [-0.25, -0.2) is 9.78 Å². The van der Waals surface area contributed by atoms with Gasteiger partial charge >= 0.3 is 5.97 Å². The van der Waals surface area contributed by atoms with Gasteiger partial charge in [0.15, 0.2) is 0 Å². The fourth-order valence-corrected chi connectivity index (χ4v) is 4.81. The summed E-state index contributed by atoms with van der Waals surface area (Å²) in [5.41, 5.74) is 9.25. The Morgan fingerprint density at radius 1 is 1.26 bits per heavy atom. The predicted molar refractivity (Wildman–Crippen MR) is 131 cm³/mol. The van der Waals surface area contributed by atoms with Crippen LogP contribution in [0.1, 0.15) is 42.1 Å². The number of rotatable bonds is 8. The summed E-state index contributed by atoms with van der Waals surface area (Å²) in [4.78, 5) is 17.8. The molecule has 0 saturated carbocycles. The van der Waals surface area contributed by atoms with Crippen LogP contribution < -0.4 is 10.5 Å². The zero-order valence-corrected chi connectivity index (χ0v) is 20.9. The second kappa shape index (κ2) is 11.5. The molecule has 1 atom stereocenters. The van der Waals surface area contributed by atoms with Crippen molar-refractivity contribution in [1.82, 2.24) is 4.98 Å². The van der Waals surface area contributed by atoms with Crippen LogP contribution in [-0.4, -0.2) is 30.4 Å². The molecule has 3 rings (SSSR count). The predicted octanol–water partition coefficient (Wildman–Crippen LogP) is 4.25. The average Bonchev–Trinajstić information content (AvgIpc) is 2.87. The normalized spacial score (nSPS) is 15.2. The number of thioether (sulfide) groups is 1. The van der Waals surface area contributed by atoms with Crippen molar-refractivity contribution in [2.75, 3.05) is 19.5 Å². The fraction of sp³-hybridized carbons (Fsp3) is 0.308. The first-order chi connectivity index (χ1) is 16.9. The average molecular weight is 491 g/mol. The van der Waals surface area contributed by atoms with Gasteiger partial charge in [0, 0.05) is 11.3 Å². The highest BCUT2D eigenvalue weighted by molar-refractivity contribution is 7.99. The molecular weight excluding hydrogens is 464 g/mol. The van der Waals surface area contributed by atoms with Crippen molar-refractivity contribution in [3.05, 3.63) is 75.5 Å². The number of benzene rings is 1. The molecule has 1 aromatic carbocycles. The first kappa shape index (κ1) is 25.7. The van der Waals surface area contributed by atoms with E-state index in [1.165, 1.54) is 18.9 Å². The highest BCUT2D eigenvalue weighted by atomic mass is 32.2. The number of esters is 1. The molecule has 8 nitrogen and oxygen atoms in total. The molecule has 0 saturated heterocycles. The van der Waals surface area contributed by atoms with E-state index in [4.69, 9.17) is 19.9 Å². The Morgan fingerprint density at radius 2 is 2.00 bits per heavy atom. The molecule has 1 aromatic heterocycles. The van der Waals surface area contributed by atoms with E-state index in [1.54, 1.807) is 37.3 Å². The number of nitriles is 2. The van der Waals surface area contributed by atoms with Gasteiger partial charge in [0.05, 0.1) is 36.5 Å². The fourth-order valence-electron chi connectivity index (χ4n) is 3.89. The van der Waals surface area contributed by atoms with E-state index in [1.807, 2.05) is 13.8 Å². The summed E-state index contributed by atoms with van der Waals surface area (Å²) < 4.78 is 16.7. The van der Waals surface area contributed by atoms with E-state index in [9.17, 15) is 15.3 Å². The van der Waals surface area contributed by atoms with Crippen molar-refractivity contribution in [3.63, 3.8) is 0 Å². The van der Waals surface area contributed by atoms with Crippen molar-refractivity contribution in [3.8, 4) is 17.9 Å². The zero-order chi connectivity index (χ0) is 25.5. The first-order valence-electron chi connectivity index (χ1n) is 11.0.